The van der Waals surface area contributed by atoms with Crippen molar-refractivity contribution >= 4 is 40.8 Å². The van der Waals surface area contributed by atoms with Gasteiger partial charge in [-0.3, -0.25) is 9.59 Å². The van der Waals surface area contributed by atoms with Gasteiger partial charge in [0, 0.05) is 47.4 Å². The first-order valence-electron chi connectivity index (χ1n) is 10.3. The van der Waals surface area contributed by atoms with Gasteiger partial charge in [-0.2, -0.15) is 0 Å². The highest BCUT2D eigenvalue weighted by atomic mass is 32.2. The summed E-state index contributed by atoms with van der Waals surface area (Å²) in [5, 5.41) is 8.17. The summed E-state index contributed by atoms with van der Waals surface area (Å²) in [7, 11) is 0. The summed E-state index contributed by atoms with van der Waals surface area (Å²) in [4.78, 5) is 26.7. The van der Waals surface area contributed by atoms with Crippen molar-refractivity contribution in [2.24, 2.45) is 5.92 Å². The summed E-state index contributed by atoms with van der Waals surface area (Å²) in [6.45, 7) is 2.56. The van der Waals surface area contributed by atoms with Crippen LogP contribution in [0.4, 0.5) is 5.69 Å². The molecule has 4 rings (SSSR count). The summed E-state index contributed by atoms with van der Waals surface area (Å²) in [5.74, 6) is 0.435. The molecule has 7 heteroatoms. The monoisotopic (exact) mass is 429 g/mol. The number of thiophene rings is 1. The van der Waals surface area contributed by atoms with E-state index in [0.717, 1.165) is 57.4 Å². The smallest absolute Gasteiger partial charge is 0.224 e. The Hall–Kier alpha value is -1.83. The molecule has 2 aromatic rings. The lowest BCUT2D eigenvalue weighted by Crippen LogP contribution is -2.38. The molecular formula is C22H27N3O2S2. The summed E-state index contributed by atoms with van der Waals surface area (Å²) in [6.07, 6.45) is 5.16. The molecule has 1 saturated heterocycles. The molecule has 2 aliphatic rings. The molecule has 29 heavy (non-hydrogen) atoms. The van der Waals surface area contributed by atoms with Gasteiger partial charge >= 0.3 is 0 Å². The molecule has 1 aromatic heterocycles. The second kappa shape index (κ2) is 9.78. The average molecular weight is 430 g/mol. The first-order chi connectivity index (χ1) is 14.2. The number of benzene rings is 1. The Labute approximate surface area is 180 Å². The largest absolute Gasteiger partial charge is 0.355 e. The van der Waals surface area contributed by atoms with E-state index in [2.05, 4.69) is 44.6 Å². The van der Waals surface area contributed by atoms with Gasteiger partial charge in [-0.15, -0.1) is 11.3 Å². The zero-order valence-corrected chi connectivity index (χ0v) is 18.1. The van der Waals surface area contributed by atoms with E-state index < -0.39 is 0 Å². The lowest BCUT2D eigenvalue weighted by Gasteiger charge is -2.30. The van der Waals surface area contributed by atoms with E-state index in [9.17, 15) is 9.59 Å². The number of carbonyl (C=O) groups excluding carboxylic acids is 2. The first kappa shape index (κ1) is 20.4. The van der Waals surface area contributed by atoms with E-state index in [0.29, 0.717) is 6.42 Å². The zero-order chi connectivity index (χ0) is 20.1. The summed E-state index contributed by atoms with van der Waals surface area (Å²) < 4.78 is 2.35. The Morgan fingerprint density at radius 3 is 2.90 bits per heavy atom. The van der Waals surface area contributed by atoms with Crippen LogP contribution in [0.15, 0.2) is 40.6 Å². The minimum absolute atomic E-state index is 0.111. The molecule has 3 heterocycles. The fourth-order valence-electron chi connectivity index (χ4n) is 3.87. The molecule has 0 bridgehead atoms. The highest BCUT2D eigenvalue weighted by Gasteiger charge is 2.25. The van der Waals surface area contributed by atoms with Gasteiger partial charge in [-0.1, -0.05) is 6.07 Å². The third-order valence-corrected chi connectivity index (χ3v) is 7.53. The van der Waals surface area contributed by atoms with Crippen LogP contribution in [-0.4, -0.2) is 35.8 Å². The van der Waals surface area contributed by atoms with Crippen molar-refractivity contribution in [2.75, 3.05) is 25.0 Å². The van der Waals surface area contributed by atoms with Gasteiger partial charge in [0.05, 0.1) is 0 Å². The zero-order valence-electron chi connectivity index (χ0n) is 16.5. The SMILES string of the molecule is O=C1CCCc2cc(SN3CCC(C(=O)NCCc4cccs4)CC3)ccc2N1. The third-order valence-electron chi connectivity index (χ3n) is 5.51. The van der Waals surface area contributed by atoms with Crippen LogP contribution in [0.3, 0.4) is 0 Å². The van der Waals surface area contributed by atoms with Crippen LogP contribution < -0.4 is 10.6 Å². The summed E-state index contributed by atoms with van der Waals surface area (Å²) in [5.41, 5.74) is 2.18. The number of anilines is 1. The van der Waals surface area contributed by atoms with Crippen LogP contribution in [0, 0.1) is 5.92 Å². The van der Waals surface area contributed by atoms with Crippen LogP contribution in [0.1, 0.15) is 36.1 Å². The summed E-state index contributed by atoms with van der Waals surface area (Å²) >= 11 is 3.50. The second-order valence-electron chi connectivity index (χ2n) is 7.64. The molecule has 1 fully saturated rings. The van der Waals surface area contributed by atoms with Crippen LogP contribution in [-0.2, 0) is 22.4 Å². The third kappa shape index (κ3) is 5.62. The minimum Gasteiger partial charge on any atom is -0.355 e. The Morgan fingerprint density at radius 2 is 2.10 bits per heavy atom. The number of nitrogens with zero attached hydrogens (tertiary/aromatic N) is 1. The molecule has 1 aromatic carbocycles. The Bertz CT molecular complexity index is 846. The van der Waals surface area contributed by atoms with Crippen LogP contribution in [0.5, 0.6) is 0 Å². The number of nitrogens with one attached hydrogen (secondary N) is 2. The number of rotatable bonds is 6. The van der Waals surface area contributed by atoms with Gasteiger partial charge < -0.3 is 10.6 Å². The van der Waals surface area contributed by atoms with Crippen molar-refractivity contribution in [3.63, 3.8) is 0 Å². The molecule has 5 nitrogen and oxygen atoms in total. The van der Waals surface area contributed by atoms with Gasteiger partial charge in [0.2, 0.25) is 11.8 Å². The molecule has 0 radical (unpaired) electrons. The molecular weight excluding hydrogens is 402 g/mol. The van der Waals surface area contributed by atoms with E-state index in [1.165, 1.54) is 15.3 Å². The normalized spacial score (nSPS) is 18.0. The molecule has 0 aliphatic carbocycles. The van der Waals surface area contributed by atoms with Crippen molar-refractivity contribution in [1.82, 2.24) is 9.62 Å². The summed E-state index contributed by atoms with van der Waals surface area (Å²) in [6, 6.07) is 10.5. The number of hydrogen-bond acceptors (Lipinski definition) is 5. The van der Waals surface area contributed by atoms with E-state index in [1.54, 1.807) is 23.3 Å². The average Bonchev–Trinajstić information content (AvgIpc) is 3.16. The van der Waals surface area contributed by atoms with Crippen molar-refractivity contribution in [1.29, 1.82) is 0 Å². The molecule has 2 amide bonds. The standard InChI is InChI=1S/C22H27N3O2S2/c26-21-5-1-3-17-15-19(6-7-20(17)24-21)29-25-12-9-16(10-13-25)22(27)23-11-8-18-4-2-14-28-18/h2,4,6-7,14-16H,1,3,5,8-13H2,(H,23,27)(H,24,26). The van der Waals surface area contributed by atoms with Gasteiger partial charge in [-0.05, 0) is 79.3 Å². The minimum atomic E-state index is 0.111. The van der Waals surface area contributed by atoms with Crippen molar-refractivity contribution in [3.8, 4) is 0 Å². The maximum absolute atomic E-state index is 12.4. The topological polar surface area (TPSA) is 61.4 Å². The van der Waals surface area contributed by atoms with E-state index in [4.69, 9.17) is 0 Å². The number of amides is 2. The van der Waals surface area contributed by atoms with Gasteiger partial charge in [0.25, 0.3) is 0 Å². The van der Waals surface area contributed by atoms with Crippen molar-refractivity contribution in [2.45, 2.75) is 43.4 Å². The Balaban J connectivity index is 1.23. The predicted molar refractivity (Wildman–Crippen MR) is 119 cm³/mol. The molecule has 0 saturated carbocycles. The van der Waals surface area contributed by atoms with E-state index >= 15 is 0 Å². The van der Waals surface area contributed by atoms with Crippen LogP contribution in [0.2, 0.25) is 0 Å². The van der Waals surface area contributed by atoms with Crippen molar-refractivity contribution in [3.05, 3.63) is 46.2 Å². The fraction of sp³-hybridized carbons (Fsp3) is 0.455. The number of aryl methyl sites for hydroxylation is 1. The maximum atomic E-state index is 12.4. The second-order valence-corrected chi connectivity index (χ2v) is 9.84. The number of hydrogen-bond donors (Lipinski definition) is 2. The predicted octanol–water partition coefficient (Wildman–Crippen LogP) is 4.10. The molecule has 0 spiro atoms. The number of piperidine rings is 1. The van der Waals surface area contributed by atoms with Crippen molar-refractivity contribution < 1.29 is 9.59 Å². The lowest BCUT2D eigenvalue weighted by atomic mass is 9.97. The number of carbonyl (C=O) groups is 2. The Morgan fingerprint density at radius 1 is 1.24 bits per heavy atom. The maximum Gasteiger partial charge on any atom is 0.224 e. The van der Waals surface area contributed by atoms with Gasteiger partial charge in [-0.25, -0.2) is 4.31 Å². The molecule has 2 N–H and O–H groups in total. The molecule has 0 atom stereocenters. The van der Waals surface area contributed by atoms with Gasteiger partial charge in [0.1, 0.15) is 0 Å². The number of fused-ring (bicyclic) bond motifs is 1. The van der Waals surface area contributed by atoms with Crippen LogP contribution in [0.25, 0.3) is 0 Å². The lowest BCUT2D eigenvalue weighted by molar-refractivity contribution is -0.126. The Kier molecular flexibility index (Phi) is 6.90. The van der Waals surface area contributed by atoms with E-state index in [-0.39, 0.29) is 17.7 Å². The first-order valence-corrected chi connectivity index (χ1v) is 12.0. The van der Waals surface area contributed by atoms with Crippen LogP contribution >= 0.6 is 23.3 Å². The highest BCUT2D eigenvalue weighted by molar-refractivity contribution is 7.97. The molecule has 2 aliphatic heterocycles. The highest BCUT2D eigenvalue weighted by Crippen LogP contribution is 2.32. The molecule has 154 valence electrons. The van der Waals surface area contributed by atoms with E-state index in [1.807, 2.05) is 6.07 Å². The fourth-order valence-corrected chi connectivity index (χ4v) is 5.60. The van der Waals surface area contributed by atoms with Gasteiger partial charge in [0.15, 0.2) is 0 Å². The quantitative estimate of drug-likeness (QED) is 0.679. The molecule has 0 unspecified atom stereocenters.